The van der Waals surface area contributed by atoms with Crippen molar-refractivity contribution in [2.45, 2.75) is 20.3 Å². The molecular weight excluding hydrogens is 346 g/mol. The van der Waals surface area contributed by atoms with Gasteiger partial charge in [-0.15, -0.1) is 0 Å². The second-order valence-corrected chi connectivity index (χ2v) is 7.07. The summed E-state index contributed by atoms with van der Waals surface area (Å²) in [5.41, 5.74) is 4.47. The van der Waals surface area contributed by atoms with E-state index in [-0.39, 0.29) is 0 Å². The van der Waals surface area contributed by atoms with E-state index in [1.54, 1.807) is 0 Å². The first-order valence-corrected chi connectivity index (χ1v) is 9.75. The Labute approximate surface area is 167 Å². The summed E-state index contributed by atoms with van der Waals surface area (Å²) >= 11 is 0. The lowest BCUT2D eigenvalue weighted by molar-refractivity contribution is 0.106. The fraction of sp³-hybridized carbons (Fsp3) is 0.240. The van der Waals surface area contributed by atoms with Crippen LogP contribution in [-0.2, 0) is 4.84 Å². The van der Waals surface area contributed by atoms with Crippen LogP contribution in [-0.4, -0.2) is 18.9 Å². The van der Waals surface area contributed by atoms with Crippen LogP contribution in [0.2, 0.25) is 0 Å². The maximum Gasteiger partial charge on any atom is 0.151 e. The highest BCUT2D eigenvalue weighted by atomic mass is 16.6. The summed E-state index contributed by atoms with van der Waals surface area (Å²) in [6.07, 6.45) is 0.865. The van der Waals surface area contributed by atoms with Gasteiger partial charge >= 0.3 is 0 Å². The van der Waals surface area contributed by atoms with E-state index in [2.05, 4.69) is 67.5 Å². The third-order valence-electron chi connectivity index (χ3n) is 4.29. The van der Waals surface area contributed by atoms with Crippen molar-refractivity contribution in [1.82, 2.24) is 0 Å². The number of rotatable bonds is 9. The van der Waals surface area contributed by atoms with Gasteiger partial charge in [0.1, 0.15) is 12.4 Å². The predicted molar refractivity (Wildman–Crippen MR) is 116 cm³/mol. The first-order chi connectivity index (χ1) is 13.7. The molecule has 3 aromatic rings. The maximum atomic E-state index is 5.65. The minimum absolute atomic E-state index is 0.415. The van der Waals surface area contributed by atoms with Gasteiger partial charge in [-0.25, -0.2) is 0 Å². The number of benzene rings is 3. The van der Waals surface area contributed by atoms with Crippen LogP contribution in [0.4, 0.5) is 0 Å². The van der Waals surface area contributed by atoms with Gasteiger partial charge in [0.25, 0.3) is 0 Å². The summed E-state index contributed by atoms with van der Waals surface area (Å²) in [5, 5.41) is 4.40. The molecule has 3 rings (SSSR count). The SMILES string of the molecule is CC(C)C/C(=N\OCCOc1ccccc1)c1ccc(-c2ccccc2)cc1. The molecule has 3 heteroatoms. The quantitative estimate of drug-likeness (QED) is 0.254. The fourth-order valence-electron chi connectivity index (χ4n) is 2.92. The number of hydrogen-bond acceptors (Lipinski definition) is 3. The number of oxime groups is 1. The Kier molecular flexibility index (Phi) is 7.25. The Morgan fingerprint density at radius 1 is 0.750 bits per heavy atom. The van der Waals surface area contributed by atoms with Crippen LogP contribution in [0.3, 0.4) is 0 Å². The topological polar surface area (TPSA) is 30.8 Å². The zero-order valence-electron chi connectivity index (χ0n) is 16.5. The molecule has 0 saturated heterocycles. The summed E-state index contributed by atoms with van der Waals surface area (Å²) in [6.45, 7) is 5.26. The Bertz CT molecular complexity index is 856. The van der Waals surface area contributed by atoms with Crippen LogP contribution >= 0.6 is 0 Å². The van der Waals surface area contributed by atoms with E-state index in [4.69, 9.17) is 9.57 Å². The molecule has 0 aromatic heterocycles. The minimum Gasteiger partial charge on any atom is -0.490 e. The zero-order valence-corrected chi connectivity index (χ0v) is 16.5. The van der Waals surface area contributed by atoms with Crippen LogP contribution in [0.5, 0.6) is 5.75 Å². The summed E-state index contributed by atoms with van der Waals surface area (Å²) in [4.78, 5) is 5.55. The molecule has 0 amide bonds. The van der Waals surface area contributed by atoms with Gasteiger partial charge in [0, 0.05) is 0 Å². The molecule has 0 saturated carbocycles. The standard InChI is InChI=1S/C25H27NO2/c1-20(2)19-25(26-28-18-17-27-24-11-7-4-8-12-24)23-15-13-22(14-16-23)21-9-5-3-6-10-21/h3-16,20H,17-19H2,1-2H3/b26-25+. The first kappa shape index (κ1) is 19.7. The molecule has 144 valence electrons. The molecule has 0 unspecified atom stereocenters. The molecule has 0 bridgehead atoms. The van der Waals surface area contributed by atoms with Gasteiger partial charge in [-0.05, 0) is 41.2 Å². The summed E-state index contributed by atoms with van der Waals surface area (Å²) in [7, 11) is 0. The molecule has 0 heterocycles. The lowest BCUT2D eigenvalue weighted by Crippen LogP contribution is -2.09. The number of hydrogen-bond donors (Lipinski definition) is 0. The van der Waals surface area contributed by atoms with Crippen LogP contribution in [0, 0.1) is 5.92 Å². The van der Waals surface area contributed by atoms with E-state index >= 15 is 0 Å². The molecule has 0 fully saturated rings. The lowest BCUT2D eigenvalue weighted by Gasteiger charge is -2.11. The third-order valence-corrected chi connectivity index (χ3v) is 4.29. The van der Waals surface area contributed by atoms with E-state index < -0.39 is 0 Å². The Morgan fingerprint density at radius 2 is 1.36 bits per heavy atom. The average Bonchev–Trinajstić information content (AvgIpc) is 2.74. The van der Waals surface area contributed by atoms with E-state index in [1.165, 1.54) is 11.1 Å². The molecule has 0 radical (unpaired) electrons. The third kappa shape index (κ3) is 5.98. The average molecular weight is 373 g/mol. The first-order valence-electron chi connectivity index (χ1n) is 9.75. The van der Waals surface area contributed by atoms with Crippen molar-refractivity contribution in [3.05, 3.63) is 90.5 Å². The van der Waals surface area contributed by atoms with Crippen molar-refractivity contribution >= 4 is 5.71 Å². The summed E-state index contributed by atoms with van der Waals surface area (Å²) < 4.78 is 5.65. The maximum absolute atomic E-state index is 5.65. The van der Waals surface area contributed by atoms with Gasteiger partial charge in [0.15, 0.2) is 6.61 Å². The molecule has 0 spiro atoms. The van der Waals surface area contributed by atoms with Gasteiger partial charge < -0.3 is 9.57 Å². The van der Waals surface area contributed by atoms with Gasteiger partial charge in [0.2, 0.25) is 0 Å². The van der Waals surface area contributed by atoms with Crippen LogP contribution < -0.4 is 4.74 Å². The van der Waals surface area contributed by atoms with E-state index in [0.717, 1.165) is 23.4 Å². The molecule has 0 aliphatic rings. The normalized spacial score (nSPS) is 11.5. The Hall–Kier alpha value is -3.07. The Balaban J connectivity index is 1.61. The molecule has 3 aromatic carbocycles. The van der Waals surface area contributed by atoms with Gasteiger partial charge in [-0.1, -0.05) is 91.8 Å². The molecule has 0 aliphatic carbocycles. The second kappa shape index (κ2) is 10.3. The predicted octanol–water partition coefficient (Wildman–Crippen LogP) is 6.20. The lowest BCUT2D eigenvalue weighted by atomic mass is 9.98. The molecule has 0 aliphatic heterocycles. The van der Waals surface area contributed by atoms with Crippen molar-refractivity contribution in [3.8, 4) is 16.9 Å². The highest BCUT2D eigenvalue weighted by Crippen LogP contribution is 2.21. The second-order valence-electron chi connectivity index (χ2n) is 7.07. The van der Waals surface area contributed by atoms with E-state index in [1.807, 2.05) is 36.4 Å². The van der Waals surface area contributed by atoms with Gasteiger partial charge in [0.05, 0.1) is 5.71 Å². The van der Waals surface area contributed by atoms with Gasteiger partial charge in [-0.3, -0.25) is 0 Å². The number of para-hydroxylation sites is 1. The molecule has 0 atom stereocenters. The number of ether oxygens (including phenoxy) is 1. The van der Waals surface area contributed by atoms with Crippen molar-refractivity contribution in [1.29, 1.82) is 0 Å². The molecule has 3 nitrogen and oxygen atoms in total. The monoisotopic (exact) mass is 373 g/mol. The largest absolute Gasteiger partial charge is 0.490 e. The van der Waals surface area contributed by atoms with Crippen LogP contribution in [0.25, 0.3) is 11.1 Å². The van der Waals surface area contributed by atoms with Crippen LogP contribution in [0.1, 0.15) is 25.8 Å². The highest BCUT2D eigenvalue weighted by Gasteiger charge is 2.08. The summed E-state index contributed by atoms with van der Waals surface area (Å²) in [5.74, 6) is 1.34. The molecule has 0 N–H and O–H groups in total. The van der Waals surface area contributed by atoms with Crippen molar-refractivity contribution in [3.63, 3.8) is 0 Å². The van der Waals surface area contributed by atoms with Crippen LogP contribution in [0.15, 0.2) is 90.1 Å². The molecule has 28 heavy (non-hydrogen) atoms. The smallest absolute Gasteiger partial charge is 0.151 e. The molecular formula is C25H27NO2. The van der Waals surface area contributed by atoms with Crippen molar-refractivity contribution in [2.24, 2.45) is 11.1 Å². The highest BCUT2D eigenvalue weighted by molar-refractivity contribution is 6.00. The van der Waals surface area contributed by atoms with Gasteiger partial charge in [-0.2, -0.15) is 0 Å². The summed E-state index contributed by atoms with van der Waals surface area (Å²) in [6, 6.07) is 28.6. The Morgan fingerprint density at radius 3 is 2.00 bits per heavy atom. The minimum atomic E-state index is 0.415. The van der Waals surface area contributed by atoms with Crippen molar-refractivity contribution in [2.75, 3.05) is 13.2 Å². The van der Waals surface area contributed by atoms with E-state index in [0.29, 0.717) is 19.1 Å². The zero-order chi connectivity index (χ0) is 19.6. The van der Waals surface area contributed by atoms with Crippen molar-refractivity contribution < 1.29 is 9.57 Å². The van der Waals surface area contributed by atoms with E-state index in [9.17, 15) is 0 Å². The fourth-order valence-corrected chi connectivity index (χ4v) is 2.92. The number of nitrogens with zero attached hydrogens (tertiary/aromatic N) is 1.